The molecule has 158 valence electrons. The molecular weight excluding hydrogens is 525 g/mol. The topological polar surface area (TPSA) is 96.9 Å². The SMILES string of the molecule is Cl.NCCCOc1c(Br)cc(Br)cc1C/C(=N\O)C(=O)NCCc1ccccc1. The summed E-state index contributed by atoms with van der Waals surface area (Å²) in [5.41, 5.74) is 7.38. The van der Waals surface area contributed by atoms with E-state index in [1.807, 2.05) is 42.5 Å². The third-order valence-electron chi connectivity index (χ3n) is 3.96. The average molecular weight is 550 g/mol. The monoisotopic (exact) mass is 547 g/mol. The van der Waals surface area contributed by atoms with E-state index in [0.29, 0.717) is 38.3 Å². The second-order valence-electron chi connectivity index (χ2n) is 6.08. The molecule has 29 heavy (non-hydrogen) atoms. The molecule has 9 heteroatoms. The van der Waals surface area contributed by atoms with Crippen LogP contribution < -0.4 is 15.8 Å². The van der Waals surface area contributed by atoms with Gasteiger partial charge in [0, 0.05) is 23.0 Å². The van der Waals surface area contributed by atoms with Crippen molar-refractivity contribution in [3.8, 4) is 5.75 Å². The van der Waals surface area contributed by atoms with Gasteiger partial charge in [-0.3, -0.25) is 4.79 Å². The van der Waals surface area contributed by atoms with Gasteiger partial charge in [-0.2, -0.15) is 0 Å². The lowest BCUT2D eigenvalue weighted by molar-refractivity contribution is -0.115. The first-order valence-corrected chi connectivity index (χ1v) is 10.5. The number of nitrogens with one attached hydrogen (secondary N) is 1. The van der Waals surface area contributed by atoms with Crippen molar-refractivity contribution in [3.63, 3.8) is 0 Å². The number of hydrogen-bond acceptors (Lipinski definition) is 5. The zero-order chi connectivity index (χ0) is 20.4. The van der Waals surface area contributed by atoms with Gasteiger partial charge in [0.15, 0.2) is 0 Å². The second kappa shape index (κ2) is 13.6. The Kier molecular flexibility index (Phi) is 11.9. The Morgan fingerprint density at radius 1 is 1.21 bits per heavy atom. The lowest BCUT2D eigenvalue weighted by Crippen LogP contribution is -2.33. The number of carbonyl (C=O) groups excluding carboxylic acids is 1. The number of rotatable bonds is 10. The highest BCUT2D eigenvalue weighted by molar-refractivity contribution is 9.11. The molecule has 0 aliphatic heterocycles. The summed E-state index contributed by atoms with van der Waals surface area (Å²) < 4.78 is 7.38. The molecule has 0 aliphatic rings. The van der Waals surface area contributed by atoms with E-state index in [1.165, 1.54) is 0 Å². The Labute approximate surface area is 193 Å². The third-order valence-corrected chi connectivity index (χ3v) is 5.01. The normalized spacial score (nSPS) is 10.9. The van der Waals surface area contributed by atoms with Crippen LogP contribution in [0.5, 0.6) is 5.75 Å². The first-order valence-electron chi connectivity index (χ1n) is 8.89. The molecule has 1 amide bonds. The number of benzene rings is 2. The zero-order valence-corrected chi connectivity index (χ0v) is 19.7. The number of ether oxygens (including phenoxy) is 1. The first kappa shape index (κ1) is 25.4. The summed E-state index contributed by atoms with van der Waals surface area (Å²) in [5, 5.41) is 15.4. The fraction of sp³-hybridized carbons (Fsp3) is 0.300. The van der Waals surface area contributed by atoms with E-state index >= 15 is 0 Å². The summed E-state index contributed by atoms with van der Waals surface area (Å²) in [7, 11) is 0. The highest BCUT2D eigenvalue weighted by Gasteiger charge is 2.18. The van der Waals surface area contributed by atoms with E-state index in [0.717, 1.165) is 20.1 Å². The number of hydrogen-bond donors (Lipinski definition) is 3. The van der Waals surface area contributed by atoms with Crippen molar-refractivity contribution >= 4 is 55.9 Å². The predicted molar refractivity (Wildman–Crippen MR) is 124 cm³/mol. The minimum Gasteiger partial charge on any atom is -0.492 e. The van der Waals surface area contributed by atoms with E-state index in [-0.39, 0.29) is 24.5 Å². The number of oxime groups is 1. The maximum absolute atomic E-state index is 12.4. The van der Waals surface area contributed by atoms with Crippen LogP contribution in [-0.2, 0) is 17.6 Å². The number of nitrogens with zero attached hydrogens (tertiary/aromatic N) is 1. The number of nitrogens with two attached hydrogens (primary N) is 1. The molecule has 0 saturated carbocycles. The van der Waals surface area contributed by atoms with Crippen molar-refractivity contribution < 1.29 is 14.7 Å². The molecule has 0 aliphatic carbocycles. The van der Waals surface area contributed by atoms with Crippen molar-refractivity contribution in [2.45, 2.75) is 19.3 Å². The maximum Gasteiger partial charge on any atom is 0.269 e. The van der Waals surface area contributed by atoms with Crippen LogP contribution in [-0.4, -0.2) is 36.5 Å². The average Bonchev–Trinajstić information content (AvgIpc) is 2.68. The van der Waals surface area contributed by atoms with Gasteiger partial charge in [-0.05, 0) is 53.0 Å². The van der Waals surface area contributed by atoms with E-state index in [9.17, 15) is 10.0 Å². The lowest BCUT2D eigenvalue weighted by Gasteiger charge is -2.14. The fourth-order valence-corrected chi connectivity index (χ4v) is 4.00. The standard InChI is InChI=1S/C20H23Br2N3O3.ClH/c21-16-11-15(19(17(22)13-16)28-10-4-8-23)12-18(25-27)20(26)24-9-7-14-5-2-1-3-6-14;/h1-3,5-6,11,13,27H,4,7-10,12,23H2,(H,24,26);1H/b25-18+;. The minimum atomic E-state index is -0.414. The van der Waals surface area contributed by atoms with Crippen LogP contribution in [0.1, 0.15) is 17.5 Å². The van der Waals surface area contributed by atoms with Crippen molar-refractivity contribution in [1.29, 1.82) is 0 Å². The third kappa shape index (κ3) is 8.34. The Morgan fingerprint density at radius 2 is 1.93 bits per heavy atom. The molecule has 2 rings (SSSR count). The van der Waals surface area contributed by atoms with Gasteiger partial charge in [-0.1, -0.05) is 51.4 Å². The Hall–Kier alpha value is -1.61. The van der Waals surface area contributed by atoms with Crippen LogP contribution in [0.3, 0.4) is 0 Å². The fourth-order valence-electron chi connectivity index (χ4n) is 2.57. The van der Waals surface area contributed by atoms with E-state index in [4.69, 9.17) is 10.5 Å². The van der Waals surface area contributed by atoms with Gasteiger partial charge >= 0.3 is 0 Å². The molecule has 0 spiro atoms. The molecule has 0 saturated heterocycles. The molecule has 0 fully saturated rings. The van der Waals surface area contributed by atoms with E-state index in [2.05, 4.69) is 42.3 Å². The van der Waals surface area contributed by atoms with Crippen molar-refractivity contribution in [2.24, 2.45) is 10.9 Å². The lowest BCUT2D eigenvalue weighted by atomic mass is 10.1. The van der Waals surface area contributed by atoms with Gasteiger partial charge in [0.05, 0.1) is 11.1 Å². The van der Waals surface area contributed by atoms with Crippen LogP contribution in [0.25, 0.3) is 0 Å². The van der Waals surface area contributed by atoms with Crippen LogP contribution in [0, 0.1) is 0 Å². The molecule has 4 N–H and O–H groups in total. The molecule has 0 unspecified atom stereocenters. The molecule has 0 atom stereocenters. The minimum absolute atomic E-state index is 0. The summed E-state index contributed by atoms with van der Waals surface area (Å²) in [6, 6.07) is 13.5. The van der Waals surface area contributed by atoms with Gasteiger partial charge in [0.2, 0.25) is 0 Å². The summed E-state index contributed by atoms with van der Waals surface area (Å²) in [5.74, 6) is 0.192. The molecule has 2 aromatic rings. The van der Waals surface area contributed by atoms with Crippen molar-refractivity contribution in [2.75, 3.05) is 19.7 Å². The van der Waals surface area contributed by atoms with Gasteiger partial charge in [0.25, 0.3) is 5.91 Å². The van der Waals surface area contributed by atoms with Gasteiger partial charge in [0.1, 0.15) is 11.5 Å². The van der Waals surface area contributed by atoms with Gasteiger partial charge in [-0.25, -0.2) is 0 Å². The Balaban J connectivity index is 0.00000420. The molecular formula is C20H24Br2ClN3O3. The highest BCUT2D eigenvalue weighted by atomic mass is 79.9. The quantitative estimate of drug-likeness (QED) is 0.180. The predicted octanol–water partition coefficient (Wildman–Crippen LogP) is 4.09. The molecule has 0 heterocycles. The van der Waals surface area contributed by atoms with Crippen molar-refractivity contribution in [3.05, 3.63) is 62.5 Å². The second-order valence-corrected chi connectivity index (χ2v) is 7.85. The first-order chi connectivity index (χ1) is 13.5. The smallest absolute Gasteiger partial charge is 0.269 e. The van der Waals surface area contributed by atoms with Crippen LogP contribution in [0.4, 0.5) is 0 Å². The number of amides is 1. The van der Waals surface area contributed by atoms with Crippen LogP contribution in [0.15, 0.2) is 56.6 Å². The molecule has 0 bridgehead atoms. The van der Waals surface area contributed by atoms with Crippen LogP contribution in [0.2, 0.25) is 0 Å². The molecule has 2 aromatic carbocycles. The largest absolute Gasteiger partial charge is 0.492 e. The molecule has 0 radical (unpaired) electrons. The van der Waals surface area contributed by atoms with Gasteiger partial charge in [-0.15, -0.1) is 12.4 Å². The maximum atomic E-state index is 12.4. The zero-order valence-electron chi connectivity index (χ0n) is 15.7. The summed E-state index contributed by atoms with van der Waals surface area (Å²) in [6.45, 7) is 1.43. The Morgan fingerprint density at radius 3 is 2.59 bits per heavy atom. The highest BCUT2D eigenvalue weighted by Crippen LogP contribution is 2.33. The number of carbonyl (C=O) groups is 1. The Bertz CT molecular complexity index is 820. The van der Waals surface area contributed by atoms with E-state index < -0.39 is 5.91 Å². The summed E-state index contributed by atoms with van der Waals surface area (Å²) in [4.78, 5) is 12.4. The summed E-state index contributed by atoms with van der Waals surface area (Å²) >= 11 is 6.91. The van der Waals surface area contributed by atoms with Crippen molar-refractivity contribution in [1.82, 2.24) is 5.32 Å². The number of halogens is 3. The molecule has 0 aromatic heterocycles. The molecule has 6 nitrogen and oxygen atoms in total. The van der Waals surface area contributed by atoms with Crippen LogP contribution >= 0.6 is 44.3 Å². The van der Waals surface area contributed by atoms with Gasteiger partial charge < -0.3 is 21.0 Å². The summed E-state index contributed by atoms with van der Waals surface area (Å²) in [6.07, 6.45) is 1.54. The van der Waals surface area contributed by atoms with E-state index in [1.54, 1.807) is 0 Å².